The number of carbonyl (C=O) groups excluding carboxylic acids is 3. The van der Waals surface area contributed by atoms with E-state index >= 15 is 0 Å². The van der Waals surface area contributed by atoms with Crippen molar-refractivity contribution >= 4 is 26.7 Å². The molecule has 0 unspecified atom stereocenters. The monoisotopic (exact) mass is 350 g/mol. The second kappa shape index (κ2) is 7.27. The van der Waals surface area contributed by atoms with Crippen LogP contribution in [0.4, 0.5) is 13.2 Å². The molecule has 10 heteroatoms. The molecule has 0 aliphatic heterocycles. The number of hydrogen-bond donors (Lipinski definition) is 0. The molecule has 1 rings (SSSR count). The molecular weight excluding hydrogens is 337 g/mol. The molecule has 23 heavy (non-hydrogen) atoms. The maximum atomic E-state index is 13.8. The maximum absolute atomic E-state index is 13.8. The summed E-state index contributed by atoms with van der Waals surface area (Å²) in [5, 5.41) is 0. The van der Waals surface area contributed by atoms with Gasteiger partial charge in [-0.25, -0.2) is 13.2 Å². The average molecular weight is 350 g/mol. The van der Waals surface area contributed by atoms with Crippen LogP contribution in [0.3, 0.4) is 0 Å². The minimum absolute atomic E-state index is 0.396. The number of halogens is 3. The van der Waals surface area contributed by atoms with Crippen LogP contribution in [0.15, 0.2) is 12.1 Å². The Hall–Kier alpha value is -2.36. The van der Waals surface area contributed by atoms with Gasteiger partial charge in [0.1, 0.15) is 17.5 Å². The van der Waals surface area contributed by atoms with Gasteiger partial charge in [0.05, 0.1) is 6.04 Å². The molecule has 6 nitrogen and oxygen atoms in total. The van der Waals surface area contributed by atoms with Gasteiger partial charge in [-0.15, -0.1) is 0 Å². The predicted molar refractivity (Wildman–Crippen MR) is 71.1 cm³/mol. The van der Waals surface area contributed by atoms with Gasteiger partial charge in [0.25, 0.3) is 17.9 Å². The van der Waals surface area contributed by atoms with Crippen molar-refractivity contribution in [2.24, 2.45) is 0 Å². The average Bonchev–Trinajstić information content (AvgIpc) is 2.30. The van der Waals surface area contributed by atoms with Crippen LogP contribution in [0.25, 0.3) is 0 Å². The fraction of sp³-hybridized carbons (Fsp3) is 0.308. The molecule has 0 aliphatic rings. The van der Waals surface area contributed by atoms with Gasteiger partial charge in [0.2, 0.25) is 0 Å². The van der Waals surface area contributed by atoms with Crippen molar-refractivity contribution in [2.45, 2.75) is 26.8 Å². The molecule has 0 aromatic heterocycles. The van der Waals surface area contributed by atoms with E-state index < -0.39 is 55.8 Å². The van der Waals surface area contributed by atoms with Crippen LogP contribution in [0.1, 0.15) is 26.3 Å². The van der Waals surface area contributed by atoms with Gasteiger partial charge in [0.15, 0.2) is 0 Å². The zero-order valence-corrected chi connectivity index (χ0v) is 13.4. The van der Waals surface area contributed by atoms with Crippen molar-refractivity contribution in [3.63, 3.8) is 0 Å². The summed E-state index contributed by atoms with van der Waals surface area (Å²) in [5.41, 5.74) is -0.734. The summed E-state index contributed by atoms with van der Waals surface area (Å²) in [5.74, 6) is -6.72. The van der Waals surface area contributed by atoms with Gasteiger partial charge in [-0.1, -0.05) is 0 Å². The Morgan fingerprint density at radius 2 is 1.22 bits per heavy atom. The van der Waals surface area contributed by atoms with E-state index in [0.29, 0.717) is 12.1 Å². The van der Waals surface area contributed by atoms with Gasteiger partial charge < -0.3 is 13.3 Å². The first kappa shape index (κ1) is 18.7. The molecular formula is C13H13F3O6Si. The van der Waals surface area contributed by atoms with Crippen LogP contribution in [0, 0.1) is 17.5 Å². The molecule has 0 heterocycles. The van der Waals surface area contributed by atoms with Crippen molar-refractivity contribution in [3.8, 4) is 0 Å². The lowest BCUT2D eigenvalue weighted by Crippen LogP contribution is -2.52. The highest BCUT2D eigenvalue weighted by molar-refractivity contribution is 6.65. The minimum Gasteiger partial charge on any atom is -0.455 e. The molecule has 1 aromatic rings. The second-order valence-corrected chi connectivity index (χ2v) is 6.82. The Morgan fingerprint density at radius 1 is 0.870 bits per heavy atom. The molecule has 0 N–H and O–H groups in total. The molecule has 0 spiro atoms. The van der Waals surface area contributed by atoms with Crippen molar-refractivity contribution in [2.75, 3.05) is 0 Å². The van der Waals surface area contributed by atoms with Crippen LogP contribution in [0.2, 0.25) is 0 Å². The number of rotatable bonds is 5. The quantitative estimate of drug-likeness (QED) is 0.754. The molecule has 0 saturated carbocycles. The molecule has 1 aromatic carbocycles. The summed E-state index contributed by atoms with van der Waals surface area (Å²) in [7, 11) is -4.46. The fourth-order valence-corrected chi connectivity index (χ4v) is 4.21. The molecule has 0 aliphatic carbocycles. The van der Waals surface area contributed by atoms with Gasteiger partial charge in [-0.05, 0) is 0 Å². The molecule has 0 bridgehead atoms. The first-order valence-electron chi connectivity index (χ1n) is 6.27. The summed E-state index contributed by atoms with van der Waals surface area (Å²) in [4.78, 5) is 33.7. The molecule has 0 amide bonds. The molecule has 0 fully saturated rings. The molecule has 0 radical (unpaired) electrons. The highest BCUT2D eigenvalue weighted by atomic mass is 28.4. The van der Waals surface area contributed by atoms with Gasteiger partial charge in [-0.2, -0.15) is 0 Å². The van der Waals surface area contributed by atoms with Crippen LogP contribution >= 0.6 is 0 Å². The van der Waals surface area contributed by atoms with E-state index in [0.717, 1.165) is 20.8 Å². The Balaban J connectivity index is 3.35. The van der Waals surface area contributed by atoms with Crippen LogP contribution in [-0.4, -0.2) is 26.7 Å². The normalized spacial score (nSPS) is 10.9. The van der Waals surface area contributed by atoms with Crippen molar-refractivity contribution in [3.05, 3.63) is 35.1 Å². The molecule has 0 saturated heterocycles. The van der Waals surface area contributed by atoms with E-state index in [2.05, 4.69) is 0 Å². The SMILES string of the molecule is CC(=O)O[Si](Cc1c(F)cc(F)cc1F)(OC(C)=O)OC(C)=O. The van der Waals surface area contributed by atoms with Crippen molar-refractivity contribution in [1.29, 1.82) is 0 Å². The van der Waals surface area contributed by atoms with Gasteiger partial charge in [-0.3, -0.25) is 14.4 Å². The zero-order valence-electron chi connectivity index (χ0n) is 12.4. The van der Waals surface area contributed by atoms with Gasteiger partial charge in [0, 0.05) is 38.5 Å². The third-order valence-electron chi connectivity index (χ3n) is 2.40. The third-order valence-corrected chi connectivity index (χ3v) is 4.98. The topological polar surface area (TPSA) is 78.9 Å². The lowest BCUT2D eigenvalue weighted by molar-refractivity contribution is -0.147. The first-order chi connectivity index (χ1) is 10.5. The third kappa shape index (κ3) is 5.40. The predicted octanol–water partition coefficient (Wildman–Crippen LogP) is 1.81. The van der Waals surface area contributed by atoms with E-state index in [1.54, 1.807) is 0 Å². The minimum atomic E-state index is -4.46. The second-order valence-electron chi connectivity index (χ2n) is 4.49. The highest BCUT2D eigenvalue weighted by Gasteiger charge is 2.53. The van der Waals surface area contributed by atoms with Gasteiger partial charge >= 0.3 is 8.80 Å². The fourth-order valence-electron chi connectivity index (χ4n) is 1.79. The highest BCUT2D eigenvalue weighted by Crippen LogP contribution is 2.23. The summed E-state index contributed by atoms with van der Waals surface area (Å²) in [6.07, 6.45) is 0. The summed E-state index contributed by atoms with van der Waals surface area (Å²) >= 11 is 0. The Morgan fingerprint density at radius 3 is 1.52 bits per heavy atom. The zero-order chi connectivity index (χ0) is 17.8. The van der Waals surface area contributed by atoms with E-state index in [1.807, 2.05) is 0 Å². The number of hydrogen-bond acceptors (Lipinski definition) is 6. The lowest BCUT2D eigenvalue weighted by Gasteiger charge is -2.26. The Bertz CT molecular complexity index is 585. The lowest BCUT2D eigenvalue weighted by atomic mass is 10.2. The van der Waals surface area contributed by atoms with Crippen LogP contribution < -0.4 is 0 Å². The summed E-state index contributed by atoms with van der Waals surface area (Å²) in [6.45, 7) is 2.81. The largest absolute Gasteiger partial charge is 0.710 e. The Kier molecular flexibility index (Phi) is 5.90. The first-order valence-corrected chi connectivity index (χ1v) is 8.20. The maximum Gasteiger partial charge on any atom is 0.710 e. The van der Waals surface area contributed by atoms with E-state index in [1.165, 1.54) is 0 Å². The van der Waals surface area contributed by atoms with E-state index in [-0.39, 0.29) is 0 Å². The summed E-state index contributed by atoms with van der Waals surface area (Å²) in [6, 6.07) is -0.0660. The van der Waals surface area contributed by atoms with Crippen LogP contribution in [-0.2, 0) is 33.7 Å². The standard InChI is InChI=1S/C13H13F3O6Si/c1-7(17)20-23(21-8(2)18,22-9(3)19)6-11-12(15)4-10(14)5-13(11)16/h4-5H,6H2,1-3H3. The van der Waals surface area contributed by atoms with E-state index in [9.17, 15) is 27.6 Å². The molecule has 0 atom stereocenters. The van der Waals surface area contributed by atoms with Crippen molar-refractivity contribution in [1.82, 2.24) is 0 Å². The number of carbonyl (C=O) groups is 3. The van der Waals surface area contributed by atoms with Crippen LogP contribution in [0.5, 0.6) is 0 Å². The molecule has 126 valence electrons. The smallest absolute Gasteiger partial charge is 0.455 e. The number of benzene rings is 1. The van der Waals surface area contributed by atoms with Crippen molar-refractivity contribution < 1.29 is 40.8 Å². The Labute approximate surface area is 130 Å². The summed E-state index contributed by atoms with van der Waals surface area (Å²) < 4.78 is 54.9. The van der Waals surface area contributed by atoms with E-state index in [4.69, 9.17) is 13.3 Å².